The maximum Gasteiger partial charge on any atom is 0.267 e. The highest BCUT2D eigenvalue weighted by atomic mass is 79.9. The van der Waals surface area contributed by atoms with Crippen molar-refractivity contribution in [3.63, 3.8) is 0 Å². The second-order valence-corrected chi connectivity index (χ2v) is 5.81. The quantitative estimate of drug-likeness (QED) is 0.648. The largest absolute Gasteiger partial charge is 0.340 e. The van der Waals surface area contributed by atoms with Crippen molar-refractivity contribution in [2.75, 3.05) is 17.6 Å². The Morgan fingerprint density at radius 1 is 1.45 bits per heavy atom. The number of carbonyl (C=O) groups excluding carboxylic acids is 1. The third-order valence-corrected chi connectivity index (χ3v) is 3.83. The van der Waals surface area contributed by atoms with Crippen molar-refractivity contribution in [3.8, 4) is 6.07 Å². The first-order chi connectivity index (χ1) is 9.69. The molecule has 1 heterocycles. The van der Waals surface area contributed by atoms with Crippen molar-refractivity contribution in [2.45, 2.75) is 0 Å². The van der Waals surface area contributed by atoms with Crippen LogP contribution < -0.4 is 10.6 Å². The van der Waals surface area contributed by atoms with E-state index in [1.165, 1.54) is 6.20 Å². The first-order valence-corrected chi connectivity index (χ1v) is 7.58. The molecule has 1 amide bonds. The Balaban J connectivity index is 2.00. The molecule has 102 valence electrons. The summed E-state index contributed by atoms with van der Waals surface area (Å²) in [5, 5.41) is 15.3. The van der Waals surface area contributed by atoms with Gasteiger partial charge in [-0.2, -0.15) is 5.26 Å². The predicted molar refractivity (Wildman–Crippen MR) is 84.4 cm³/mol. The van der Waals surface area contributed by atoms with Gasteiger partial charge in [-0.05, 0) is 24.3 Å². The second-order valence-electron chi connectivity index (χ2n) is 3.81. The highest BCUT2D eigenvalue weighted by molar-refractivity contribution is 9.10. The highest BCUT2D eigenvalue weighted by Gasteiger charge is 2.11. The van der Waals surface area contributed by atoms with E-state index in [-0.39, 0.29) is 5.57 Å². The lowest BCUT2D eigenvalue weighted by molar-refractivity contribution is -0.112. The van der Waals surface area contributed by atoms with Gasteiger partial charge in [0.1, 0.15) is 11.6 Å². The van der Waals surface area contributed by atoms with Gasteiger partial charge in [0.05, 0.1) is 6.54 Å². The summed E-state index contributed by atoms with van der Waals surface area (Å²) in [7, 11) is 0. The van der Waals surface area contributed by atoms with E-state index >= 15 is 0 Å². The van der Waals surface area contributed by atoms with Gasteiger partial charge in [-0.25, -0.2) is 0 Å². The second kappa shape index (κ2) is 7.12. The molecule has 1 aromatic carbocycles. The Morgan fingerprint density at radius 3 is 2.80 bits per heavy atom. The van der Waals surface area contributed by atoms with Crippen LogP contribution in [0.4, 0.5) is 5.69 Å². The number of carbonyl (C=O) groups is 1. The maximum atomic E-state index is 11.9. The summed E-state index contributed by atoms with van der Waals surface area (Å²) in [5.41, 5.74) is 0.634. The lowest BCUT2D eigenvalue weighted by Gasteiger charge is -2.04. The van der Waals surface area contributed by atoms with Gasteiger partial charge in [-0.1, -0.05) is 27.7 Å². The van der Waals surface area contributed by atoms with Gasteiger partial charge < -0.3 is 10.6 Å². The maximum absolute atomic E-state index is 11.9. The van der Waals surface area contributed by atoms with Crippen molar-refractivity contribution in [1.82, 2.24) is 5.32 Å². The van der Waals surface area contributed by atoms with Crippen LogP contribution in [0.1, 0.15) is 0 Å². The summed E-state index contributed by atoms with van der Waals surface area (Å²) < 4.78 is 0.921. The van der Waals surface area contributed by atoms with Crippen molar-refractivity contribution >= 4 is 44.5 Å². The molecule has 0 unspecified atom stereocenters. The molecule has 0 atom stereocenters. The summed E-state index contributed by atoms with van der Waals surface area (Å²) in [6, 6.07) is 9.00. The van der Waals surface area contributed by atoms with E-state index in [2.05, 4.69) is 31.6 Å². The van der Waals surface area contributed by atoms with Crippen molar-refractivity contribution < 1.29 is 4.79 Å². The Kier molecular flexibility index (Phi) is 5.21. The molecular formula is C13H11BrN4OS. The summed E-state index contributed by atoms with van der Waals surface area (Å²) in [5.74, 6) is 0.467. The molecular weight excluding hydrogens is 340 g/mol. The van der Waals surface area contributed by atoms with Gasteiger partial charge in [0.2, 0.25) is 0 Å². The van der Waals surface area contributed by atoms with Gasteiger partial charge in [0, 0.05) is 22.1 Å². The molecule has 1 aliphatic heterocycles. The van der Waals surface area contributed by atoms with E-state index in [1.54, 1.807) is 23.9 Å². The Labute approximate surface area is 129 Å². The first kappa shape index (κ1) is 14.6. The molecule has 0 bridgehead atoms. The Morgan fingerprint density at radius 2 is 2.20 bits per heavy atom. The number of nitrogens with zero attached hydrogens (tertiary/aromatic N) is 2. The van der Waals surface area contributed by atoms with Crippen LogP contribution in [0.5, 0.6) is 0 Å². The minimum absolute atomic E-state index is 0.00289. The molecule has 0 saturated carbocycles. The summed E-state index contributed by atoms with van der Waals surface area (Å²) in [6.45, 7) is 0.758. The number of amides is 1. The predicted octanol–water partition coefficient (Wildman–Crippen LogP) is 2.49. The van der Waals surface area contributed by atoms with E-state index in [0.29, 0.717) is 5.69 Å². The van der Waals surface area contributed by atoms with Crippen LogP contribution in [0.25, 0.3) is 0 Å². The monoisotopic (exact) mass is 350 g/mol. The van der Waals surface area contributed by atoms with E-state index in [9.17, 15) is 4.79 Å². The molecule has 0 aromatic heterocycles. The third-order valence-electron chi connectivity index (χ3n) is 2.39. The molecule has 0 spiro atoms. The van der Waals surface area contributed by atoms with E-state index in [0.717, 1.165) is 21.9 Å². The number of rotatable bonds is 3. The number of amidine groups is 1. The van der Waals surface area contributed by atoms with Gasteiger partial charge in [0.25, 0.3) is 5.91 Å². The normalized spacial score (nSPS) is 14.4. The smallest absolute Gasteiger partial charge is 0.267 e. The lowest BCUT2D eigenvalue weighted by Crippen LogP contribution is -2.18. The number of hydrogen-bond acceptors (Lipinski definition) is 5. The average Bonchev–Trinajstić information content (AvgIpc) is 2.95. The number of aliphatic imine (C=N–C) groups is 1. The number of halogens is 1. The molecule has 5 nitrogen and oxygen atoms in total. The van der Waals surface area contributed by atoms with E-state index in [1.807, 2.05) is 18.2 Å². The third kappa shape index (κ3) is 4.11. The Hall–Kier alpha value is -1.78. The topological polar surface area (TPSA) is 77.3 Å². The molecule has 7 heteroatoms. The zero-order chi connectivity index (χ0) is 14.4. The minimum atomic E-state index is -0.453. The molecule has 1 aliphatic rings. The van der Waals surface area contributed by atoms with Crippen LogP contribution in [-0.2, 0) is 4.79 Å². The lowest BCUT2D eigenvalue weighted by atomic mass is 10.2. The SMILES string of the molecule is N#C/C(=C/NC1=NCCS1)C(=O)Nc1ccc(Br)cc1. The molecule has 1 aromatic rings. The fraction of sp³-hybridized carbons (Fsp3) is 0.154. The van der Waals surface area contributed by atoms with Crippen molar-refractivity contribution in [1.29, 1.82) is 5.26 Å². The van der Waals surface area contributed by atoms with Crippen LogP contribution in [0.3, 0.4) is 0 Å². The highest BCUT2D eigenvalue weighted by Crippen LogP contribution is 2.15. The van der Waals surface area contributed by atoms with Gasteiger partial charge in [-0.3, -0.25) is 9.79 Å². The van der Waals surface area contributed by atoms with Crippen LogP contribution in [0, 0.1) is 11.3 Å². The zero-order valence-electron chi connectivity index (χ0n) is 10.4. The number of hydrogen-bond donors (Lipinski definition) is 2. The number of benzene rings is 1. The van der Waals surface area contributed by atoms with Crippen molar-refractivity contribution in [2.24, 2.45) is 4.99 Å². The van der Waals surface area contributed by atoms with Crippen LogP contribution in [-0.4, -0.2) is 23.4 Å². The molecule has 0 radical (unpaired) electrons. The Bertz CT molecular complexity index is 604. The van der Waals surface area contributed by atoms with Crippen molar-refractivity contribution in [3.05, 3.63) is 40.5 Å². The summed E-state index contributed by atoms with van der Waals surface area (Å²) >= 11 is 4.87. The number of thioether (sulfide) groups is 1. The molecule has 2 N–H and O–H groups in total. The number of anilines is 1. The summed E-state index contributed by atoms with van der Waals surface area (Å²) in [4.78, 5) is 16.1. The molecule has 20 heavy (non-hydrogen) atoms. The van der Waals surface area contributed by atoms with Crippen LogP contribution in [0.15, 0.2) is 45.5 Å². The molecule has 0 saturated heterocycles. The standard InChI is InChI=1S/C13H11BrN4OS/c14-10-1-3-11(4-2-10)18-12(19)9(7-15)8-17-13-16-5-6-20-13/h1-4,8H,5-6H2,(H,16,17)(H,18,19)/b9-8-. The number of nitrogens with one attached hydrogen (secondary N) is 2. The summed E-state index contributed by atoms with van der Waals surface area (Å²) in [6.07, 6.45) is 1.38. The fourth-order valence-corrected chi connectivity index (χ4v) is 2.40. The van der Waals surface area contributed by atoms with Gasteiger partial charge in [-0.15, -0.1) is 0 Å². The van der Waals surface area contributed by atoms with Crippen LogP contribution in [0.2, 0.25) is 0 Å². The molecule has 0 fully saturated rings. The zero-order valence-corrected chi connectivity index (χ0v) is 12.8. The number of nitriles is 1. The average molecular weight is 351 g/mol. The van der Waals surface area contributed by atoms with E-state index in [4.69, 9.17) is 5.26 Å². The fourth-order valence-electron chi connectivity index (χ4n) is 1.44. The van der Waals surface area contributed by atoms with Crippen LogP contribution >= 0.6 is 27.7 Å². The van der Waals surface area contributed by atoms with Gasteiger partial charge >= 0.3 is 0 Å². The van der Waals surface area contributed by atoms with Gasteiger partial charge in [0.15, 0.2) is 5.17 Å². The minimum Gasteiger partial charge on any atom is -0.340 e. The molecule has 0 aliphatic carbocycles. The molecule has 2 rings (SSSR count). The van der Waals surface area contributed by atoms with E-state index < -0.39 is 5.91 Å². The first-order valence-electron chi connectivity index (χ1n) is 5.80.